The highest BCUT2D eigenvalue weighted by molar-refractivity contribution is 6.69. The van der Waals surface area contributed by atoms with E-state index in [2.05, 4.69) is 11.7 Å². The zero-order valence-corrected chi connectivity index (χ0v) is 5.44. The van der Waals surface area contributed by atoms with Gasteiger partial charge >= 0.3 is 0 Å². The molecule has 0 aliphatic carbocycles. The van der Waals surface area contributed by atoms with Gasteiger partial charge in [-0.2, -0.15) is 0 Å². The molecule has 0 rings (SSSR count). The summed E-state index contributed by atoms with van der Waals surface area (Å²) >= 11 is 5.32. The number of hydrogen-bond donors (Lipinski definition) is 1. The second-order valence-electron chi connectivity index (χ2n) is 1.35. The maximum atomic E-state index is 8.03. The summed E-state index contributed by atoms with van der Waals surface area (Å²) in [7, 11) is 0. The predicted molar refractivity (Wildman–Crippen MR) is 34.5 cm³/mol. The van der Waals surface area contributed by atoms with Crippen LogP contribution in [0.1, 0.15) is 13.3 Å². The summed E-state index contributed by atoms with van der Waals surface area (Å²) in [5.74, 6) is 0. The summed E-state index contributed by atoms with van der Waals surface area (Å²) in [5, 5.41) is 10.9. The third kappa shape index (κ3) is 1.98. The molecular formula is C5H8ClNO. The molecule has 0 radical (unpaired) electrons. The van der Waals surface area contributed by atoms with Crippen LogP contribution in [-0.2, 0) is 0 Å². The van der Waals surface area contributed by atoms with Crippen LogP contribution in [0.15, 0.2) is 17.3 Å². The number of nitrogens with zero attached hydrogens (tertiary/aromatic N) is 1. The Morgan fingerprint density at radius 3 is 2.50 bits per heavy atom. The van der Waals surface area contributed by atoms with Crippen molar-refractivity contribution in [1.82, 2.24) is 0 Å². The zero-order valence-electron chi connectivity index (χ0n) is 4.69. The van der Waals surface area contributed by atoms with Gasteiger partial charge in [-0.25, -0.2) is 0 Å². The summed E-state index contributed by atoms with van der Waals surface area (Å²) in [6.45, 7) is 5.41. The molecule has 2 nitrogen and oxygen atoms in total. The van der Waals surface area contributed by atoms with Crippen molar-refractivity contribution in [1.29, 1.82) is 0 Å². The summed E-state index contributed by atoms with van der Waals surface area (Å²) in [4.78, 5) is 0. The highest BCUT2D eigenvalue weighted by atomic mass is 35.5. The second-order valence-corrected chi connectivity index (χ2v) is 1.71. The largest absolute Gasteiger partial charge is 0.410 e. The normalized spacial score (nSPS) is 11.5. The van der Waals surface area contributed by atoms with E-state index in [0.29, 0.717) is 12.0 Å². The van der Waals surface area contributed by atoms with E-state index < -0.39 is 0 Å². The smallest absolute Gasteiger partial charge is 0.170 e. The molecule has 8 heavy (non-hydrogen) atoms. The van der Waals surface area contributed by atoms with E-state index in [1.54, 1.807) is 0 Å². The first-order chi connectivity index (χ1) is 3.72. The molecule has 46 valence electrons. The Hall–Kier alpha value is -0.500. The molecule has 0 aromatic carbocycles. The molecule has 0 aliphatic rings. The lowest BCUT2D eigenvalue weighted by Gasteiger charge is -1.92. The van der Waals surface area contributed by atoms with Gasteiger partial charge in [0, 0.05) is 0 Å². The minimum atomic E-state index is 0.0903. The lowest BCUT2D eigenvalue weighted by Crippen LogP contribution is -1.88. The zero-order chi connectivity index (χ0) is 6.57. The molecule has 0 aliphatic heterocycles. The SMILES string of the molecule is C=C(CC)/C(Cl)=N/O. The number of rotatable bonds is 2. The lowest BCUT2D eigenvalue weighted by molar-refractivity contribution is 0.320. The van der Waals surface area contributed by atoms with Crippen molar-refractivity contribution in [3.05, 3.63) is 12.2 Å². The van der Waals surface area contributed by atoms with E-state index in [0.717, 1.165) is 0 Å². The highest BCUT2D eigenvalue weighted by Crippen LogP contribution is 2.02. The molecule has 0 aromatic heterocycles. The first-order valence-corrected chi connectivity index (χ1v) is 2.65. The highest BCUT2D eigenvalue weighted by Gasteiger charge is 1.95. The van der Waals surface area contributed by atoms with Crippen LogP contribution in [0.3, 0.4) is 0 Å². The van der Waals surface area contributed by atoms with Crippen molar-refractivity contribution in [2.45, 2.75) is 13.3 Å². The molecule has 0 saturated heterocycles. The average Bonchev–Trinajstić information content (AvgIpc) is 1.84. The van der Waals surface area contributed by atoms with Crippen molar-refractivity contribution in [2.75, 3.05) is 0 Å². The Balaban J connectivity index is 3.83. The van der Waals surface area contributed by atoms with Gasteiger partial charge in [0.2, 0.25) is 0 Å². The summed E-state index contributed by atoms with van der Waals surface area (Å²) < 4.78 is 0. The van der Waals surface area contributed by atoms with E-state index in [1.807, 2.05) is 6.92 Å². The summed E-state index contributed by atoms with van der Waals surface area (Å²) in [6.07, 6.45) is 0.711. The third-order valence-electron chi connectivity index (χ3n) is 0.806. The Kier molecular flexibility index (Phi) is 3.28. The van der Waals surface area contributed by atoms with Gasteiger partial charge in [0.1, 0.15) is 0 Å². The fourth-order valence-electron chi connectivity index (χ4n) is 0.217. The molecule has 0 heterocycles. The van der Waals surface area contributed by atoms with E-state index in [9.17, 15) is 0 Å². The van der Waals surface area contributed by atoms with Gasteiger partial charge < -0.3 is 5.21 Å². The van der Waals surface area contributed by atoms with Crippen LogP contribution in [0, 0.1) is 0 Å². The van der Waals surface area contributed by atoms with Crippen LogP contribution in [0.25, 0.3) is 0 Å². The molecule has 1 N–H and O–H groups in total. The Labute approximate surface area is 53.5 Å². The maximum absolute atomic E-state index is 8.03. The standard InChI is InChI=1S/C5H8ClNO/c1-3-4(2)5(6)7-8/h8H,2-3H2,1H3/b7-5-. The quantitative estimate of drug-likeness (QED) is 0.349. The monoisotopic (exact) mass is 133 g/mol. The molecule has 0 spiro atoms. The summed E-state index contributed by atoms with van der Waals surface area (Å²) in [6, 6.07) is 0. The molecule has 0 fully saturated rings. The Morgan fingerprint density at radius 1 is 1.88 bits per heavy atom. The fraction of sp³-hybridized carbons (Fsp3) is 0.400. The van der Waals surface area contributed by atoms with Gasteiger partial charge in [0.25, 0.3) is 0 Å². The number of allylic oxidation sites excluding steroid dienone is 1. The number of hydrogen-bond acceptors (Lipinski definition) is 2. The minimum absolute atomic E-state index is 0.0903. The Morgan fingerprint density at radius 2 is 2.38 bits per heavy atom. The van der Waals surface area contributed by atoms with Crippen molar-refractivity contribution in [3.8, 4) is 0 Å². The first kappa shape index (κ1) is 7.50. The fourth-order valence-corrected chi connectivity index (χ4v) is 0.350. The average molecular weight is 134 g/mol. The van der Waals surface area contributed by atoms with Gasteiger partial charge in [0.05, 0.1) is 0 Å². The maximum Gasteiger partial charge on any atom is 0.170 e. The Bertz CT molecular complexity index is 120. The van der Waals surface area contributed by atoms with E-state index in [-0.39, 0.29) is 5.17 Å². The molecule has 3 heteroatoms. The second kappa shape index (κ2) is 3.50. The first-order valence-electron chi connectivity index (χ1n) is 2.28. The third-order valence-corrected chi connectivity index (χ3v) is 1.15. The van der Waals surface area contributed by atoms with Crippen LogP contribution >= 0.6 is 11.6 Å². The van der Waals surface area contributed by atoms with Gasteiger partial charge in [-0.15, -0.1) is 0 Å². The molecular weight excluding hydrogens is 126 g/mol. The van der Waals surface area contributed by atoms with Crippen LogP contribution in [-0.4, -0.2) is 10.4 Å². The van der Waals surface area contributed by atoms with Crippen molar-refractivity contribution >= 4 is 16.8 Å². The van der Waals surface area contributed by atoms with Gasteiger partial charge in [-0.05, 0) is 12.0 Å². The van der Waals surface area contributed by atoms with Crippen molar-refractivity contribution in [2.24, 2.45) is 5.16 Å². The van der Waals surface area contributed by atoms with Crippen LogP contribution in [0.4, 0.5) is 0 Å². The van der Waals surface area contributed by atoms with E-state index >= 15 is 0 Å². The topological polar surface area (TPSA) is 32.6 Å². The van der Waals surface area contributed by atoms with Gasteiger partial charge in [-0.3, -0.25) is 0 Å². The van der Waals surface area contributed by atoms with E-state index in [1.165, 1.54) is 0 Å². The van der Waals surface area contributed by atoms with Crippen LogP contribution < -0.4 is 0 Å². The number of halogens is 1. The molecule has 0 atom stereocenters. The van der Waals surface area contributed by atoms with Gasteiger partial charge in [-0.1, -0.05) is 30.3 Å². The predicted octanol–water partition coefficient (Wildman–Crippen LogP) is 1.98. The van der Waals surface area contributed by atoms with Crippen molar-refractivity contribution in [3.63, 3.8) is 0 Å². The minimum Gasteiger partial charge on any atom is -0.410 e. The van der Waals surface area contributed by atoms with Gasteiger partial charge in [0.15, 0.2) is 5.17 Å². The summed E-state index contributed by atoms with van der Waals surface area (Å²) in [5.41, 5.74) is 0.647. The van der Waals surface area contributed by atoms with E-state index in [4.69, 9.17) is 16.8 Å². The molecule has 0 unspecified atom stereocenters. The molecule has 0 amide bonds. The van der Waals surface area contributed by atoms with Crippen LogP contribution in [0.2, 0.25) is 0 Å². The van der Waals surface area contributed by atoms with Crippen molar-refractivity contribution < 1.29 is 5.21 Å². The van der Waals surface area contributed by atoms with Crippen LogP contribution in [0.5, 0.6) is 0 Å². The number of oxime groups is 1. The lowest BCUT2D eigenvalue weighted by atomic mass is 10.3. The molecule has 0 saturated carbocycles. The molecule has 0 bridgehead atoms. The molecule has 0 aromatic rings.